The molecule has 0 fully saturated rings. The molecule has 0 radical (unpaired) electrons. The van der Waals surface area contributed by atoms with Crippen LogP contribution in [0.2, 0.25) is 0 Å². The van der Waals surface area contributed by atoms with Crippen LogP contribution in [-0.2, 0) is 22.4 Å². The van der Waals surface area contributed by atoms with E-state index in [0.717, 1.165) is 78.3 Å². The van der Waals surface area contributed by atoms with Gasteiger partial charge in [0.1, 0.15) is 5.78 Å². The van der Waals surface area contributed by atoms with Crippen LogP contribution < -0.4 is 5.32 Å². The second kappa shape index (κ2) is 17.5. The minimum Gasteiger partial charge on any atom is -0.516 e. The van der Waals surface area contributed by atoms with Crippen molar-refractivity contribution in [1.82, 2.24) is 5.32 Å². The molecule has 2 rings (SSSR count). The first kappa shape index (κ1) is 32.1. The highest BCUT2D eigenvalue weighted by Crippen LogP contribution is 2.19. The summed E-state index contributed by atoms with van der Waals surface area (Å²) >= 11 is 0. The van der Waals surface area contributed by atoms with Crippen LogP contribution in [0.1, 0.15) is 114 Å². The van der Waals surface area contributed by atoms with Crippen LogP contribution in [0.15, 0.2) is 53.5 Å². The van der Waals surface area contributed by atoms with Gasteiger partial charge in [0, 0.05) is 30.5 Å². The molecule has 5 heteroatoms. The molecule has 0 aliphatic heterocycles. The van der Waals surface area contributed by atoms with Gasteiger partial charge in [-0.1, -0.05) is 58.0 Å². The van der Waals surface area contributed by atoms with E-state index in [1.54, 1.807) is 0 Å². The fourth-order valence-electron chi connectivity index (χ4n) is 4.15. The largest absolute Gasteiger partial charge is 0.516 e. The number of aliphatic hydroxyl groups excluding tert-OH is 1. The first-order chi connectivity index (χ1) is 17.7. The quantitative estimate of drug-likeness (QED) is 0.210. The molecule has 5 nitrogen and oxygen atoms in total. The summed E-state index contributed by atoms with van der Waals surface area (Å²) in [6, 6.07) is 5.78. The molecule has 1 aliphatic carbocycles. The molecule has 37 heavy (non-hydrogen) atoms. The van der Waals surface area contributed by atoms with Crippen LogP contribution in [0.5, 0.6) is 0 Å². The van der Waals surface area contributed by atoms with Crippen molar-refractivity contribution in [2.24, 2.45) is 5.92 Å². The maximum atomic E-state index is 12.3. The van der Waals surface area contributed by atoms with Gasteiger partial charge in [0.15, 0.2) is 5.78 Å². The van der Waals surface area contributed by atoms with Gasteiger partial charge in [-0.3, -0.25) is 14.4 Å². The number of Topliss-reactive ketones (excluding diaryl/α,β-unsaturated/α-hetero) is 2. The van der Waals surface area contributed by atoms with Crippen molar-refractivity contribution >= 4 is 17.5 Å². The van der Waals surface area contributed by atoms with Crippen molar-refractivity contribution in [1.29, 1.82) is 0 Å². The molecule has 1 aromatic rings. The normalized spacial score (nSPS) is 14.1. The second-order valence-corrected chi connectivity index (χ2v) is 9.93. The lowest BCUT2D eigenvalue weighted by atomic mass is 9.95. The summed E-state index contributed by atoms with van der Waals surface area (Å²) in [6.45, 7) is 12.0. The summed E-state index contributed by atoms with van der Waals surface area (Å²) < 4.78 is 0. The highest BCUT2D eigenvalue weighted by atomic mass is 16.2. The molecule has 0 saturated heterocycles. The van der Waals surface area contributed by atoms with Crippen LogP contribution in [0.25, 0.3) is 0 Å². The third-order valence-corrected chi connectivity index (χ3v) is 6.72. The minimum absolute atomic E-state index is 0.00872. The number of rotatable bonds is 13. The zero-order valence-electron chi connectivity index (χ0n) is 23.8. The van der Waals surface area contributed by atoms with Crippen LogP contribution in [-0.4, -0.2) is 22.6 Å². The lowest BCUT2D eigenvalue weighted by Gasteiger charge is -2.15. The molecule has 1 amide bonds. The Morgan fingerprint density at radius 2 is 1.70 bits per heavy atom. The highest BCUT2D eigenvalue weighted by Gasteiger charge is 2.13. The Morgan fingerprint density at radius 3 is 2.30 bits per heavy atom. The molecule has 1 unspecified atom stereocenters. The number of carbonyl (C=O) groups excluding carboxylic acids is 3. The molecular formula is C32H47NO4. The van der Waals surface area contributed by atoms with Crippen LogP contribution in [0.3, 0.4) is 0 Å². The Bertz CT molecular complexity index is 1000. The number of ketones is 2. The smallest absolute Gasteiger partial charge is 0.228 e. The Balaban J connectivity index is 0.000000448. The lowest BCUT2D eigenvalue weighted by Crippen LogP contribution is -2.25. The summed E-state index contributed by atoms with van der Waals surface area (Å²) in [5.41, 5.74) is 5.80. The average molecular weight is 510 g/mol. The summed E-state index contributed by atoms with van der Waals surface area (Å²) in [5.74, 6) is 0.829. The summed E-state index contributed by atoms with van der Waals surface area (Å²) in [6.07, 6.45) is 13.1. The second-order valence-electron chi connectivity index (χ2n) is 9.93. The number of carbonyl (C=O) groups is 3. The predicted molar refractivity (Wildman–Crippen MR) is 153 cm³/mol. The number of allylic oxidation sites excluding steroid dienone is 4. The molecule has 0 bridgehead atoms. The molecule has 2 N–H and O–H groups in total. The van der Waals surface area contributed by atoms with Crippen LogP contribution >= 0.6 is 0 Å². The molecule has 0 saturated carbocycles. The molecule has 0 spiro atoms. The van der Waals surface area contributed by atoms with E-state index in [9.17, 15) is 14.4 Å². The summed E-state index contributed by atoms with van der Waals surface area (Å²) in [5, 5.41) is 11.7. The Morgan fingerprint density at radius 1 is 1.03 bits per heavy atom. The standard InChI is InChI=1S/C21H27NO2.C11H20O2/c1-4-8-20(23)18-12-11-16(13-17(18)5-2)14-21(24)22-19-10-7-6-9-15(19)3;1-4-5-11(13)7-6-9(2)10(3)8-12/h9-13H,4-8,14H2,1-3H3,(H,22,24);8-9,12H,4-7H2,1-3H3/b;10-8-. The van der Waals surface area contributed by atoms with E-state index < -0.39 is 0 Å². The number of nitrogens with one attached hydrogen (secondary N) is 1. The number of amides is 1. The number of hydrogen-bond donors (Lipinski definition) is 2. The third-order valence-electron chi connectivity index (χ3n) is 6.72. The van der Waals surface area contributed by atoms with Crippen molar-refractivity contribution in [3.05, 3.63) is 70.1 Å². The number of aliphatic hydroxyl groups is 1. The lowest BCUT2D eigenvalue weighted by molar-refractivity contribution is -0.120. The Kier molecular flexibility index (Phi) is 15.2. The summed E-state index contributed by atoms with van der Waals surface area (Å²) in [7, 11) is 0. The molecule has 0 heterocycles. The van der Waals surface area contributed by atoms with Gasteiger partial charge in [-0.15, -0.1) is 0 Å². The van der Waals surface area contributed by atoms with Crippen molar-refractivity contribution in [2.45, 2.75) is 106 Å². The van der Waals surface area contributed by atoms with E-state index in [2.05, 4.69) is 17.5 Å². The van der Waals surface area contributed by atoms with E-state index in [-0.39, 0.29) is 11.7 Å². The predicted octanol–water partition coefficient (Wildman–Crippen LogP) is 7.75. The first-order valence-electron chi connectivity index (χ1n) is 13.8. The maximum Gasteiger partial charge on any atom is 0.228 e. The van der Waals surface area contributed by atoms with Gasteiger partial charge in [0.05, 0.1) is 12.7 Å². The van der Waals surface area contributed by atoms with Gasteiger partial charge in [-0.2, -0.15) is 0 Å². The van der Waals surface area contributed by atoms with Gasteiger partial charge >= 0.3 is 0 Å². The zero-order valence-corrected chi connectivity index (χ0v) is 23.8. The summed E-state index contributed by atoms with van der Waals surface area (Å²) in [4.78, 5) is 35.6. The van der Waals surface area contributed by atoms with Crippen LogP contribution in [0.4, 0.5) is 0 Å². The van der Waals surface area contributed by atoms with Gasteiger partial charge in [0.25, 0.3) is 0 Å². The zero-order chi connectivity index (χ0) is 27.8. The SMILES string of the molecule is CCCC(=O)CCC(C)/C(C)=C\O.CCCC(=O)c1ccc(CC(=O)NC2=CCCC=C2C)cc1CC. The highest BCUT2D eigenvalue weighted by molar-refractivity contribution is 5.97. The van der Waals surface area contributed by atoms with Crippen molar-refractivity contribution in [3.63, 3.8) is 0 Å². The van der Waals surface area contributed by atoms with E-state index >= 15 is 0 Å². The van der Waals surface area contributed by atoms with Crippen molar-refractivity contribution in [3.8, 4) is 0 Å². The topological polar surface area (TPSA) is 83.5 Å². The number of aryl methyl sites for hydroxylation is 1. The first-order valence-corrected chi connectivity index (χ1v) is 13.8. The number of benzene rings is 1. The third kappa shape index (κ3) is 11.8. The van der Waals surface area contributed by atoms with Gasteiger partial charge in [-0.05, 0) is 80.6 Å². The molecule has 204 valence electrons. The van der Waals surface area contributed by atoms with Crippen molar-refractivity contribution < 1.29 is 19.5 Å². The monoisotopic (exact) mass is 509 g/mol. The van der Waals surface area contributed by atoms with E-state index in [1.807, 2.05) is 59.7 Å². The fourth-order valence-corrected chi connectivity index (χ4v) is 4.15. The molecule has 0 aromatic heterocycles. The Hall–Kier alpha value is -2.95. The minimum atomic E-state index is -0.00872. The van der Waals surface area contributed by atoms with Crippen LogP contribution in [0, 0.1) is 5.92 Å². The molecule has 1 aromatic carbocycles. The molecule has 1 atom stereocenters. The molecular weight excluding hydrogens is 462 g/mol. The maximum absolute atomic E-state index is 12.3. The van der Waals surface area contributed by atoms with Gasteiger partial charge < -0.3 is 10.4 Å². The molecule has 1 aliphatic rings. The Labute approximate surface area is 224 Å². The average Bonchev–Trinajstić information content (AvgIpc) is 2.88. The van der Waals surface area contributed by atoms with E-state index in [1.165, 1.54) is 0 Å². The van der Waals surface area contributed by atoms with E-state index in [0.29, 0.717) is 37.4 Å². The van der Waals surface area contributed by atoms with Crippen molar-refractivity contribution in [2.75, 3.05) is 0 Å². The van der Waals surface area contributed by atoms with E-state index in [4.69, 9.17) is 5.11 Å². The number of hydrogen-bond acceptors (Lipinski definition) is 4. The van der Waals surface area contributed by atoms with Gasteiger partial charge in [0.2, 0.25) is 5.91 Å². The fraction of sp³-hybridized carbons (Fsp3) is 0.531. The van der Waals surface area contributed by atoms with Gasteiger partial charge in [-0.25, -0.2) is 0 Å².